The molecule has 0 N–H and O–H groups in total. The van der Waals surface area contributed by atoms with Crippen LogP contribution in [-0.4, -0.2) is 16.4 Å². The van der Waals surface area contributed by atoms with Gasteiger partial charge < -0.3 is 0 Å². The third-order valence-electron chi connectivity index (χ3n) is 2.10. The second kappa shape index (κ2) is 6.29. The van der Waals surface area contributed by atoms with E-state index in [-0.39, 0.29) is 16.1 Å². The summed E-state index contributed by atoms with van der Waals surface area (Å²) >= 11 is 6.48. The Bertz CT molecular complexity index is 666. The first-order valence-electron chi connectivity index (χ1n) is 5.17. The molecule has 0 saturated carbocycles. The topological polar surface area (TPSA) is 25.8 Å². The van der Waals surface area contributed by atoms with Gasteiger partial charge in [0.1, 0.15) is 5.01 Å². The molecule has 0 spiro atoms. The lowest BCUT2D eigenvalue weighted by Gasteiger charge is -2.02. The number of benzene rings is 1. The summed E-state index contributed by atoms with van der Waals surface area (Å²) in [6.07, 6.45) is -5.36. The zero-order chi connectivity index (χ0) is 15.6. The van der Waals surface area contributed by atoms with Crippen LogP contribution in [-0.2, 0) is 0 Å². The number of hydrogen-bond acceptors (Lipinski definition) is 4. The van der Waals surface area contributed by atoms with Crippen LogP contribution in [0.3, 0.4) is 0 Å². The molecule has 1 aromatic carbocycles. The van der Waals surface area contributed by atoms with E-state index >= 15 is 0 Å². The Labute approximate surface area is 128 Å². The summed E-state index contributed by atoms with van der Waals surface area (Å²) in [6, 6.07) is 6.43. The van der Waals surface area contributed by atoms with Crippen LogP contribution in [0.1, 0.15) is 0 Å². The first-order chi connectivity index (χ1) is 9.77. The predicted molar refractivity (Wildman–Crippen MR) is 71.5 cm³/mol. The van der Waals surface area contributed by atoms with Gasteiger partial charge >= 0.3 is 6.18 Å². The number of nitrogens with zero attached hydrogens (tertiary/aromatic N) is 2. The number of alkyl halides is 3. The van der Waals surface area contributed by atoms with Gasteiger partial charge in [-0.3, -0.25) is 0 Å². The molecule has 2 nitrogen and oxygen atoms in total. The van der Waals surface area contributed by atoms with E-state index in [2.05, 4.69) is 10.2 Å². The van der Waals surface area contributed by atoms with Gasteiger partial charge in [0.2, 0.25) is 11.0 Å². The average molecular weight is 359 g/mol. The third-order valence-corrected chi connectivity index (χ3v) is 4.23. The molecule has 2 rings (SSSR count). The van der Waals surface area contributed by atoms with Crippen molar-refractivity contribution in [2.24, 2.45) is 0 Å². The lowest BCUT2D eigenvalue weighted by Crippen LogP contribution is -2.08. The molecule has 0 aliphatic carbocycles. The molecule has 1 aromatic heterocycles. The molecule has 0 unspecified atom stereocenters. The molecule has 0 amide bonds. The Morgan fingerprint density at radius 3 is 2.29 bits per heavy atom. The normalized spacial score (nSPS) is 13.2. The van der Waals surface area contributed by atoms with Gasteiger partial charge in [0.05, 0.1) is 0 Å². The van der Waals surface area contributed by atoms with Crippen LogP contribution >= 0.6 is 34.7 Å². The van der Waals surface area contributed by atoms with E-state index in [0.717, 1.165) is 11.3 Å². The van der Waals surface area contributed by atoms with Gasteiger partial charge in [-0.2, -0.15) is 22.0 Å². The number of hydrogen-bond donors (Lipinski definition) is 0. The van der Waals surface area contributed by atoms with Crippen molar-refractivity contribution in [3.8, 4) is 10.6 Å². The molecule has 0 atom stereocenters. The molecule has 2 aromatic rings. The lowest BCUT2D eigenvalue weighted by molar-refractivity contribution is -0.110. The summed E-state index contributed by atoms with van der Waals surface area (Å²) in [5.41, 5.74) is 0.615. The maximum absolute atomic E-state index is 13.1. The lowest BCUT2D eigenvalue weighted by atomic mass is 10.2. The van der Waals surface area contributed by atoms with Gasteiger partial charge in [-0.15, -0.1) is 10.2 Å². The van der Waals surface area contributed by atoms with Gasteiger partial charge in [0, 0.05) is 10.6 Å². The predicted octanol–water partition coefficient (Wildman–Crippen LogP) is 5.62. The molecule has 112 valence electrons. The second-order valence-corrected chi connectivity index (χ2v) is 6.19. The van der Waals surface area contributed by atoms with Gasteiger partial charge in [0.25, 0.3) is 0 Å². The van der Waals surface area contributed by atoms with Crippen LogP contribution in [0.5, 0.6) is 0 Å². The van der Waals surface area contributed by atoms with E-state index in [1.165, 1.54) is 0 Å². The van der Waals surface area contributed by atoms with E-state index in [1.807, 2.05) is 0 Å². The molecule has 0 fully saturated rings. The first-order valence-corrected chi connectivity index (χ1v) is 7.18. The van der Waals surface area contributed by atoms with Crippen molar-refractivity contribution in [3.63, 3.8) is 0 Å². The van der Waals surface area contributed by atoms with E-state index in [1.54, 1.807) is 24.3 Å². The monoisotopic (exact) mass is 358 g/mol. The van der Waals surface area contributed by atoms with Crippen molar-refractivity contribution >= 4 is 34.7 Å². The first kappa shape index (κ1) is 16.2. The van der Waals surface area contributed by atoms with Crippen molar-refractivity contribution in [1.29, 1.82) is 0 Å². The summed E-state index contributed by atoms with van der Waals surface area (Å²) in [7, 11) is 0. The molecule has 0 radical (unpaired) electrons. The standard InChI is InChI=1S/C11H4ClF5N2S2/c12-6-3-1-5(2-4-6)9-18-19-10(21-9)20-8(14)7(13)11(15,16)17/h1-4H/b8-7+. The SMILES string of the molecule is F/C(Sc1nnc(-c2ccc(Cl)cc2)s1)=C(\F)C(F)(F)F. The fourth-order valence-electron chi connectivity index (χ4n) is 1.19. The summed E-state index contributed by atoms with van der Waals surface area (Å²) in [4.78, 5) is 0. The largest absolute Gasteiger partial charge is 0.446 e. The molecule has 0 bridgehead atoms. The number of allylic oxidation sites excluding steroid dienone is 1. The number of rotatable bonds is 3. The van der Waals surface area contributed by atoms with Crippen molar-refractivity contribution < 1.29 is 22.0 Å². The summed E-state index contributed by atoms with van der Waals surface area (Å²) in [6.45, 7) is 0. The van der Waals surface area contributed by atoms with Gasteiger partial charge in [-0.1, -0.05) is 35.1 Å². The van der Waals surface area contributed by atoms with Crippen LogP contribution in [0.15, 0.2) is 39.6 Å². The molecular formula is C11H4ClF5N2S2. The van der Waals surface area contributed by atoms with Crippen LogP contribution in [0, 0.1) is 0 Å². The Kier molecular flexibility index (Phi) is 4.84. The fraction of sp³-hybridized carbons (Fsp3) is 0.0909. The molecule has 10 heteroatoms. The highest BCUT2D eigenvalue weighted by molar-refractivity contribution is 8.04. The van der Waals surface area contributed by atoms with Crippen molar-refractivity contribution in [2.75, 3.05) is 0 Å². The maximum atomic E-state index is 13.1. The smallest absolute Gasteiger partial charge is 0.198 e. The van der Waals surface area contributed by atoms with Crippen molar-refractivity contribution in [3.05, 3.63) is 40.3 Å². The highest BCUT2D eigenvalue weighted by Crippen LogP contribution is 2.39. The minimum absolute atomic E-state index is 0.0660. The van der Waals surface area contributed by atoms with Crippen LogP contribution in [0.2, 0.25) is 5.02 Å². The highest BCUT2D eigenvalue weighted by Gasteiger charge is 2.38. The van der Waals surface area contributed by atoms with E-state index in [0.29, 0.717) is 15.6 Å². The van der Waals surface area contributed by atoms with E-state index in [4.69, 9.17) is 11.6 Å². The second-order valence-electron chi connectivity index (χ2n) is 3.57. The third kappa shape index (κ3) is 4.14. The summed E-state index contributed by atoms with van der Waals surface area (Å²) in [5, 5.41) is 6.07. The maximum Gasteiger partial charge on any atom is 0.446 e. The Morgan fingerprint density at radius 2 is 1.71 bits per heavy atom. The highest BCUT2D eigenvalue weighted by atomic mass is 35.5. The van der Waals surface area contributed by atoms with Crippen LogP contribution in [0.4, 0.5) is 22.0 Å². The number of aromatic nitrogens is 2. The number of thioether (sulfide) groups is 1. The van der Waals surface area contributed by atoms with Gasteiger partial charge in [-0.05, 0) is 23.9 Å². The van der Waals surface area contributed by atoms with E-state index < -0.39 is 17.2 Å². The molecule has 0 aliphatic rings. The van der Waals surface area contributed by atoms with Gasteiger partial charge in [0.15, 0.2) is 4.34 Å². The van der Waals surface area contributed by atoms with Crippen LogP contribution < -0.4 is 0 Å². The molecule has 1 heterocycles. The Morgan fingerprint density at radius 1 is 1.10 bits per heavy atom. The molecule has 0 saturated heterocycles. The molecule has 21 heavy (non-hydrogen) atoms. The van der Waals surface area contributed by atoms with Crippen molar-refractivity contribution in [2.45, 2.75) is 10.5 Å². The summed E-state index contributed by atoms with van der Waals surface area (Å²) < 4.78 is 61.6. The van der Waals surface area contributed by atoms with Crippen molar-refractivity contribution in [1.82, 2.24) is 10.2 Å². The zero-order valence-electron chi connectivity index (χ0n) is 9.79. The zero-order valence-corrected chi connectivity index (χ0v) is 12.2. The van der Waals surface area contributed by atoms with E-state index in [9.17, 15) is 22.0 Å². The quantitative estimate of drug-likeness (QED) is 0.526. The molecular weight excluding hydrogens is 355 g/mol. The average Bonchev–Trinajstić information content (AvgIpc) is 2.86. The number of halogens is 6. The van der Waals surface area contributed by atoms with Crippen LogP contribution in [0.25, 0.3) is 10.6 Å². The summed E-state index contributed by atoms with van der Waals surface area (Å²) in [5.74, 6) is -2.78. The minimum atomic E-state index is -5.36. The fourth-order valence-corrected chi connectivity index (χ4v) is 2.96. The Balaban J connectivity index is 2.19. The molecule has 0 aliphatic heterocycles. The minimum Gasteiger partial charge on any atom is -0.198 e. The Hall–Kier alpha value is -1.19. The van der Waals surface area contributed by atoms with Gasteiger partial charge in [-0.25, -0.2) is 0 Å².